The van der Waals surface area contributed by atoms with Crippen LogP contribution >= 0.6 is 0 Å². The fraction of sp³-hybridized carbons (Fsp3) is 0.417. The van der Waals surface area contributed by atoms with Crippen molar-refractivity contribution in [1.82, 2.24) is 5.32 Å². The summed E-state index contributed by atoms with van der Waals surface area (Å²) in [4.78, 5) is 12.9. The molecule has 0 aliphatic heterocycles. The first-order valence-corrected chi connectivity index (χ1v) is 7.56. The van der Waals surface area contributed by atoms with Crippen LogP contribution in [0.4, 0.5) is 16.2 Å². The van der Waals surface area contributed by atoms with Crippen LogP contribution in [-0.4, -0.2) is 37.8 Å². The summed E-state index contributed by atoms with van der Waals surface area (Å²) in [6.45, 7) is 5.05. The maximum Gasteiger partial charge on any atom is 0.363 e. The lowest BCUT2D eigenvalue weighted by Gasteiger charge is -2.23. The highest BCUT2D eigenvalue weighted by Gasteiger charge is 2.17. The molecule has 0 fully saturated rings. The van der Waals surface area contributed by atoms with Crippen molar-refractivity contribution in [1.29, 1.82) is 0 Å². The summed E-state index contributed by atoms with van der Waals surface area (Å²) < 4.78 is 29.6. The average Bonchev–Trinajstić information content (AvgIpc) is 2.37. The number of aryl methyl sites for hydroxylation is 1. The molecule has 0 aliphatic carbocycles. The molecule has 112 valence electrons. The van der Waals surface area contributed by atoms with Crippen LogP contribution in [0.1, 0.15) is 12.5 Å². The van der Waals surface area contributed by atoms with Crippen molar-refractivity contribution in [2.75, 3.05) is 30.3 Å². The second-order valence-corrected chi connectivity index (χ2v) is 5.63. The van der Waals surface area contributed by atoms with Gasteiger partial charge in [-0.15, -0.1) is 0 Å². The molecule has 1 aromatic carbocycles. The molecule has 4 N–H and O–H groups in total. The van der Waals surface area contributed by atoms with Crippen LogP contribution in [0.3, 0.4) is 0 Å². The van der Waals surface area contributed by atoms with E-state index in [1.54, 1.807) is 6.07 Å². The minimum Gasteiger partial charge on any atom is -0.399 e. The minimum atomic E-state index is -4.67. The molecule has 8 heteroatoms. The SMILES string of the molecule is CCN(CCNC(=O)S(=O)(=O)O)c1ccc(N)c(C)c1. The lowest BCUT2D eigenvalue weighted by atomic mass is 10.1. The lowest BCUT2D eigenvalue weighted by molar-refractivity contribution is 0.256. The Balaban J connectivity index is 2.64. The molecular weight excluding hydrogens is 282 g/mol. The van der Waals surface area contributed by atoms with E-state index in [-0.39, 0.29) is 6.54 Å². The van der Waals surface area contributed by atoms with E-state index in [0.29, 0.717) is 18.8 Å². The third kappa shape index (κ3) is 4.39. The number of carbonyl (C=O) groups excluding carboxylic acids is 1. The summed E-state index contributed by atoms with van der Waals surface area (Å²) in [5, 5.41) is 0.753. The topological polar surface area (TPSA) is 113 Å². The molecule has 0 saturated heterocycles. The second-order valence-electron chi connectivity index (χ2n) is 4.31. The molecule has 0 bridgehead atoms. The Bertz CT molecular complexity index is 586. The molecule has 0 radical (unpaired) electrons. The molecule has 0 unspecified atom stereocenters. The first-order valence-electron chi connectivity index (χ1n) is 6.12. The Morgan fingerprint density at radius 3 is 2.60 bits per heavy atom. The van der Waals surface area contributed by atoms with Gasteiger partial charge < -0.3 is 16.0 Å². The summed E-state index contributed by atoms with van der Waals surface area (Å²) in [5.41, 5.74) is 8.32. The van der Waals surface area contributed by atoms with Crippen LogP contribution < -0.4 is 16.0 Å². The molecule has 7 nitrogen and oxygen atoms in total. The third-order valence-electron chi connectivity index (χ3n) is 2.89. The third-order valence-corrected chi connectivity index (χ3v) is 3.50. The summed E-state index contributed by atoms with van der Waals surface area (Å²) in [5.74, 6) is 0. The largest absolute Gasteiger partial charge is 0.399 e. The van der Waals surface area contributed by atoms with Crippen LogP contribution in [0.25, 0.3) is 0 Å². The maximum atomic E-state index is 11.0. The van der Waals surface area contributed by atoms with E-state index in [0.717, 1.165) is 11.3 Å². The summed E-state index contributed by atoms with van der Waals surface area (Å²) >= 11 is 0. The Kier molecular flexibility index (Phi) is 5.34. The number of benzene rings is 1. The van der Waals surface area contributed by atoms with Crippen LogP contribution in [0.2, 0.25) is 0 Å². The Hall–Kier alpha value is -1.80. The maximum absolute atomic E-state index is 11.0. The normalized spacial score (nSPS) is 11.2. The standard InChI is InChI=1S/C12H19N3O4S/c1-3-15(7-6-14-12(16)20(17,18)19)10-4-5-11(13)9(2)8-10/h4-5,8H,3,6-7,13H2,1-2H3,(H,14,16)(H,17,18,19). The van der Waals surface area contributed by atoms with E-state index in [1.807, 2.05) is 30.9 Å². The fourth-order valence-electron chi connectivity index (χ4n) is 1.71. The number of nitrogens with zero attached hydrogens (tertiary/aromatic N) is 1. The number of nitrogens with one attached hydrogen (secondary N) is 1. The van der Waals surface area contributed by atoms with Crippen LogP contribution in [-0.2, 0) is 10.1 Å². The van der Waals surface area contributed by atoms with Gasteiger partial charge in [0.15, 0.2) is 0 Å². The van der Waals surface area contributed by atoms with Crippen molar-refractivity contribution < 1.29 is 17.8 Å². The molecule has 1 amide bonds. The molecule has 1 rings (SSSR count). The molecule has 0 spiro atoms. The predicted octanol–water partition coefficient (Wildman–Crippen LogP) is 1.00. The van der Waals surface area contributed by atoms with Crippen molar-refractivity contribution in [2.24, 2.45) is 0 Å². The van der Waals surface area contributed by atoms with Crippen LogP contribution in [0, 0.1) is 6.92 Å². The van der Waals surface area contributed by atoms with Gasteiger partial charge in [0.25, 0.3) is 0 Å². The van der Waals surface area contributed by atoms with Crippen molar-refractivity contribution in [3.63, 3.8) is 0 Å². The number of anilines is 2. The number of likely N-dealkylation sites (N-methyl/N-ethyl adjacent to an activating group) is 1. The van der Waals surface area contributed by atoms with E-state index in [1.165, 1.54) is 0 Å². The van der Waals surface area contributed by atoms with E-state index < -0.39 is 15.4 Å². The number of nitrogens with two attached hydrogens (primary N) is 1. The molecule has 0 heterocycles. The van der Waals surface area contributed by atoms with Crippen LogP contribution in [0.15, 0.2) is 18.2 Å². The Morgan fingerprint density at radius 1 is 1.45 bits per heavy atom. The van der Waals surface area contributed by atoms with Gasteiger partial charge in [-0.05, 0) is 37.6 Å². The van der Waals surface area contributed by atoms with Gasteiger partial charge >= 0.3 is 15.4 Å². The first-order chi connectivity index (χ1) is 9.25. The molecule has 0 atom stereocenters. The van der Waals surface area contributed by atoms with Crippen molar-refractivity contribution >= 4 is 26.7 Å². The zero-order valence-electron chi connectivity index (χ0n) is 11.5. The quantitative estimate of drug-likeness (QED) is 0.552. The van der Waals surface area contributed by atoms with Gasteiger partial charge in [0.2, 0.25) is 0 Å². The van der Waals surface area contributed by atoms with E-state index in [9.17, 15) is 13.2 Å². The van der Waals surface area contributed by atoms with E-state index in [2.05, 4.69) is 5.32 Å². The molecule has 20 heavy (non-hydrogen) atoms. The lowest BCUT2D eigenvalue weighted by Crippen LogP contribution is -2.37. The van der Waals surface area contributed by atoms with Crippen molar-refractivity contribution in [3.05, 3.63) is 23.8 Å². The number of hydrogen-bond donors (Lipinski definition) is 3. The summed E-state index contributed by atoms with van der Waals surface area (Å²) in [7, 11) is -4.67. The molecule has 0 saturated carbocycles. The first kappa shape index (κ1) is 16.3. The second kappa shape index (κ2) is 6.58. The smallest absolute Gasteiger partial charge is 0.363 e. The zero-order chi connectivity index (χ0) is 15.3. The Labute approximate surface area is 118 Å². The van der Waals surface area contributed by atoms with Crippen molar-refractivity contribution in [3.8, 4) is 0 Å². The molecular formula is C12H19N3O4S. The molecule has 1 aromatic rings. The van der Waals surface area contributed by atoms with E-state index >= 15 is 0 Å². The zero-order valence-corrected chi connectivity index (χ0v) is 12.3. The highest BCUT2D eigenvalue weighted by Crippen LogP contribution is 2.20. The van der Waals surface area contributed by atoms with Gasteiger partial charge in [-0.25, -0.2) is 0 Å². The number of carbonyl (C=O) groups is 1. The average molecular weight is 301 g/mol. The number of amides is 1. The minimum absolute atomic E-state index is 0.107. The highest BCUT2D eigenvalue weighted by molar-refractivity contribution is 8.01. The number of rotatable bonds is 5. The fourth-order valence-corrected chi connectivity index (χ4v) is 1.99. The predicted molar refractivity (Wildman–Crippen MR) is 78.4 cm³/mol. The summed E-state index contributed by atoms with van der Waals surface area (Å²) in [6, 6.07) is 5.57. The number of nitrogen functional groups attached to an aromatic ring is 1. The highest BCUT2D eigenvalue weighted by atomic mass is 32.2. The summed E-state index contributed by atoms with van der Waals surface area (Å²) in [6.07, 6.45) is 0. The van der Waals surface area contributed by atoms with Gasteiger partial charge in [-0.2, -0.15) is 8.42 Å². The van der Waals surface area contributed by atoms with E-state index in [4.69, 9.17) is 10.3 Å². The molecule has 0 aliphatic rings. The number of hydrogen-bond acceptors (Lipinski definition) is 5. The van der Waals surface area contributed by atoms with Gasteiger partial charge in [-0.1, -0.05) is 0 Å². The van der Waals surface area contributed by atoms with Crippen LogP contribution in [0.5, 0.6) is 0 Å². The van der Waals surface area contributed by atoms with Gasteiger partial charge in [-0.3, -0.25) is 9.35 Å². The van der Waals surface area contributed by atoms with Crippen molar-refractivity contribution in [2.45, 2.75) is 13.8 Å². The molecule has 0 aromatic heterocycles. The van der Waals surface area contributed by atoms with Gasteiger partial charge in [0, 0.05) is 31.0 Å². The van der Waals surface area contributed by atoms with Gasteiger partial charge in [0.05, 0.1) is 0 Å². The Morgan fingerprint density at radius 2 is 2.10 bits per heavy atom. The monoisotopic (exact) mass is 301 g/mol. The van der Waals surface area contributed by atoms with Gasteiger partial charge in [0.1, 0.15) is 0 Å².